The number of ketones is 1. The third kappa shape index (κ3) is 3.60. The van der Waals surface area contributed by atoms with Crippen LogP contribution in [0.25, 0.3) is 0 Å². The van der Waals surface area contributed by atoms with Crippen molar-refractivity contribution in [3.8, 4) is 28.7 Å². The van der Waals surface area contributed by atoms with Crippen molar-refractivity contribution in [3.63, 3.8) is 0 Å². The Hall–Kier alpha value is -3.78. The lowest BCUT2D eigenvalue weighted by atomic mass is 9.92. The number of aromatic hydroxyl groups is 2. The molecule has 8 heteroatoms. The van der Waals surface area contributed by atoms with E-state index in [4.69, 9.17) is 14.2 Å². The topological polar surface area (TPSA) is 118 Å². The van der Waals surface area contributed by atoms with Crippen LogP contribution >= 0.6 is 0 Å². The molecule has 3 N–H and O–H groups in total. The molecule has 0 bridgehead atoms. The molecule has 2 aromatic carbocycles. The van der Waals surface area contributed by atoms with E-state index in [1.165, 1.54) is 13.2 Å². The van der Waals surface area contributed by atoms with Gasteiger partial charge in [-0.1, -0.05) is 6.07 Å². The minimum absolute atomic E-state index is 0.0112. The standard InChI is InChI=1S/C22H19NO7/c1-28-16-3-2-13(8-17(16)29-11-12-4-6-23-7-5-12)22-21(27)20(26)19-15(25)9-14(24)10-18(19)30-22/h2-10,21-22,24-25,27H,11H2,1H3. The lowest BCUT2D eigenvalue weighted by molar-refractivity contribution is 0.0209. The third-order valence-electron chi connectivity index (χ3n) is 4.78. The zero-order valence-electron chi connectivity index (χ0n) is 16.0. The number of hydrogen-bond donors (Lipinski definition) is 3. The maximum atomic E-state index is 12.6. The summed E-state index contributed by atoms with van der Waals surface area (Å²) in [4.78, 5) is 16.6. The number of rotatable bonds is 5. The van der Waals surface area contributed by atoms with E-state index in [0.717, 1.165) is 11.6 Å². The van der Waals surface area contributed by atoms with Crippen LogP contribution in [0.2, 0.25) is 0 Å². The van der Waals surface area contributed by atoms with Crippen LogP contribution in [0.4, 0.5) is 0 Å². The molecule has 0 aliphatic carbocycles. The lowest BCUT2D eigenvalue weighted by Gasteiger charge is -2.30. The second-order valence-electron chi connectivity index (χ2n) is 6.74. The Kier molecular flexibility index (Phi) is 5.16. The van der Waals surface area contributed by atoms with Crippen LogP contribution in [0, 0.1) is 0 Å². The van der Waals surface area contributed by atoms with Gasteiger partial charge in [-0.2, -0.15) is 0 Å². The number of fused-ring (bicyclic) bond motifs is 1. The number of aromatic nitrogens is 1. The number of pyridine rings is 1. The van der Waals surface area contributed by atoms with Crippen molar-refractivity contribution < 1.29 is 34.3 Å². The van der Waals surface area contributed by atoms with Crippen LogP contribution in [0.5, 0.6) is 28.7 Å². The average molecular weight is 409 g/mol. The molecule has 4 rings (SSSR count). The quantitative estimate of drug-likeness (QED) is 0.589. The number of phenols is 2. The van der Waals surface area contributed by atoms with E-state index in [1.807, 2.05) is 12.1 Å². The number of aliphatic hydroxyl groups excluding tert-OH is 1. The van der Waals surface area contributed by atoms with Gasteiger partial charge in [0.1, 0.15) is 29.4 Å². The number of Topliss-reactive ketones (excluding diaryl/α,β-unsaturated/α-hetero) is 1. The number of ether oxygens (including phenoxy) is 3. The normalized spacial score (nSPS) is 17.7. The summed E-state index contributed by atoms with van der Waals surface area (Å²) < 4.78 is 17.0. The van der Waals surface area contributed by atoms with E-state index < -0.39 is 23.7 Å². The minimum atomic E-state index is -1.55. The monoisotopic (exact) mass is 409 g/mol. The summed E-state index contributed by atoms with van der Waals surface area (Å²) in [5, 5.41) is 30.2. The van der Waals surface area contributed by atoms with Crippen molar-refractivity contribution in [3.05, 3.63) is 71.5 Å². The molecule has 2 unspecified atom stereocenters. The molecule has 30 heavy (non-hydrogen) atoms. The van der Waals surface area contributed by atoms with E-state index in [0.29, 0.717) is 17.1 Å². The highest BCUT2D eigenvalue weighted by Crippen LogP contribution is 2.43. The summed E-state index contributed by atoms with van der Waals surface area (Å²) in [5.74, 6) is -0.551. The van der Waals surface area contributed by atoms with Crippen LogP contribution in [0.1, 0.15) is 27.6 Å². The summed E-state index contributed by atoms with van der Waals surface area (Å²) in [6.07, 6.45) is 0.716. The van der Waals surface area contributed by atoms with Gasteiger partial charge in [-0.15, -0.1) is 0 Å². The van der Waals surface area contributed by atoms with Crippen molar-refractivity contribution >= 4 is 5.78 Å². The molecule has 3 aromatic rings. The number of hydrogen-bond acceptors (Lipinski definition) is 8. The molecule has 8 nitrogen and oxygen atoms in total. The molecular formula is C22H19NO7. The van der Waals surface area contributed by atoms with Crippen LogP contribution in [-0.2, 0) is 6.61 Å². The molecular weight excluding hydrogens is 390 g/mol. The summed E-state index contributed by atoms with van der Waals surface area (Å²) in [7, 11) is 1.51. The fourth-order valence-corrected chi connectivity index (χ4v) is 3.29. The maximum Gasteiger partial charge on any atom is 0.202 e. The van der Waals surface area contributed by atoms with Crippen LogP contribution in [-0.4, -0.2) is 39.3 Å². The number of benzene rings is 2. The fourth-order valence-electron chi connectivity index (χ4n) is 3.29. The number of carbonyl (C=O) groups excluding carboxylic acids is 1. The molecule has 2 atom stereocenters. The summed E-state index contributed by atoms with van der Waals surface area (Å²) >= 11 is 0. The van der Waals surface area contributed by atoms with Crippen molar-refractivity contribution in [2.45, 2.75) is 18.8 Å². The number of phenolic OH excluding ortho intramolecular Hbond substituents is 2. The molecule has 0 amide bonds. The first-order chi connectivity index (χ1) is 14.5. The Morgan fingerprint density at radius 1 is 1.07 bits per heavy atom. The predicted octanol–water partition coefficient (Wildman–Crippen LogP) is 2.76. The number of methoxy groups -OCH3 is 1. The van der Waals surface area contributed by atoms with Gasteiger partial charge in [0.2, 0.25) is 5.78 Å². The lowest BCUT2D eigenvalue weighted by Crippen LogP contribution is -2.36. The number of aliphatic hydroxyl groups is 1. The minimum Gasteiger partial charge on any atom is -0.508 e. The Labute approximate surface area is 171 Å². The summed E-state index contributed by atoms with van der Waals surface area (Å²) in [6, 6.07) is 10.8. The largest absolute Gasteiger partial charge is 0.508 e. The van der Waals surface area contributed by atoms with Crippen molar-refractivity contribution in [2.24, 2.45) is 0 Å². The molecule has 0 radical (unpaired) electrons. The van der Waals surface area contributed by atoms with E-state index in [1.54, 1.807) is 30.6 Å². The highest BCUT2D eigenvalue weighted by atomic mass is 16.5. The molecule has 0 saturated carbocycles. The van der Waals surface area contributed by atoms with Gasteiger partial charge in [0.15, 0.2) is 23.7 Å². The first-order valence-corrected chi connectivity index (χ1v) is 9.12. The van der Waals surface area contributed by atoms with Gasteiger partial charge in [-0.3, -0.25) is 9.78 Å². The van der Waals surface area contributed by atoms with E-state index in [2.05, 4.69) is 4.98 Å². The van der Waals surface area contributed by atoms with Crippen molar-refractivity contribution in [1.82, 2.24) is 4.98 Å². The van der Waals surface area contributed by atoms with Crippen molar-refractivity contribution in [2.75, 3.05) is 7.11 Å². The van der Waals surface area contributed by atoms with Gasteiger partial charge in [0.05, 0.1) is 7.11 Å². The van der Waals surface area contributed by atoms with Crippen LogP contribution < -0.4 is 14.2 Å². The van der Waals surface area contributed by atoms with Gasteiger partial charge in [0.25, 0.3) is 0 Å². The van der Waals surface area contributed by atoms with Gasteiger partial charge in [0, 0.05) is 24.5 Å². The average Bonchev–Trinajstić information content (AvgIpc) is 2.74. The molecule has 154 valence electrons. The van der Waals surface area contributed by atoms with Gasteiger partial charge in [-0.25, -0.2) is 0 Å². The molecule has 1 aliphatic rings. The van der Waals surface area contributed by atoms with E-state index in [-0.39, 0.29) is 23.7 Å². The summed E-state index contributed by atoms with van der Waals surface area (Å²) in [5.41, 5.74) is 1.20. The Bertz CT molecular complexity index is 1080. The van der Waals surface area contributed by atoms with E-state index in [9.17, 15) is 20.1 Å². The molecule has 1 aliphatic heterocycles. The highest BCUT2D eigenvalue weighted by molar-refractivity contribution is 6.05. The molecule has 1 aromatic heterocycles. The summed E-state index contributed by atoms with van der Waals surface area (Å²) in [6.45, 7) is 0.264. The second-order valence-corrected chi connectivity index (χ2v) is 6.74. The zero-order chi connectivity index (χ0) is 21.3. The fraction of sp³-hybridized carbons (Fsp3) is 0.182. The van der Waals surface area contributed by atoms with Crippen LogP contribution in [0.3, 0.4) is 0 Å². The van der Waals surface area contributed by atoms with E-state index >= 15 is 0 Å². The van der Waals surface area contributed by atoms with Gasteiger partial charge >= 0.3 is 0 Å². The SMILES string of the molecule is COc1ccc(C2Oc3cc(O)cc(O)c3C(=O)C2O)cc1OCc1ccncc1. The first kappa shape index (κ1) is 19.5. The molecule has 0 fully saturated rings. The number of carbonyl (C=O) groups is 1. The van der Waals surface area contributed by atoms with Gasteiger partial charge < -0.3 is 29.5 Å². The van der Waals surface area contributed by atoms with Crippen LogP contribution in [0.15, 0.2) is 54.9 Å². The Morgan fingerprint density at radius 2 is 1.83 bits per heavy atom. The van der Waals surface area contributed by atoms with Crippen molar-refractivity contribution in [1.29, 1.82) is 0 Å². The Balaban J connectivity index is 1.65. The smallest absolute Gasteiger partial charge is 0.202 e. The highest BCUT2D eigenvalue weighted by Gasteiger charge is 2.39. The first-order valence-electron chi connectivity index (χ1n) is 9.12. The maximum absolute atomic E-state index is 12.6. The number of nitrogens with zero attached hydrogens (tertiary/aromatic N) is 1. The third-order valence-corrected chi connectivity index (χ3v) is 4.78. The van der Waals surface area contributed by atoms with Gasteiger partial charge in [-0.05, 0) is 35.4 Å². The molecule has 0 saturated heterocycles. The molecule has 0 spiro atoms. The predicted molar refractivity (Wildman–Crippen MR) is 105 cm³/mol. The molecule has 2 heterocycles. The second kappa shape index (κ2) is 7.92. The Morgan fingerprint density at radius 3 is 2.57 bits per heavy atom. The zero-order valence-corrected chi connectivity index (χ0v) is 16.0.